The minimum atomic E-state index is -0.801. The average Bonchev–Trinajstić information content (AvgIpc) is 2.72. The molecule has 3 aromatic rings. The zero-order valence-electron chi connectivity index (χ0n) is 15.3. The van der Waals surface area contributed by atoms with Crippen molar-refractivity contribution in [2.75, 3.05) is 11.2 Å². The van der Waals surface area contributed by atoms with Crippen molar-refractivity contribution >= 4 is 28.4 Å². The summed E-state index contributed by atoms with van der Waals surface area (Å²) in [5.74, 6) is 0.137. The molecule has 1 N–H and O–H groups in total. The third kappa shape index (κ3) is 3.27. The molecular weight excluding hydrogens is 372 g/mol. The Balaban J connectivity index is 1.75. The van der Waals surface area contributed by atoms with Gasteiger partial charge in [0, 0.05) is 17.1 Å². The van der Waals surface area contributed by atoms with E-state index in [9.17, 15) is 14.7 Å². The summed E-state index contributed by atoms with van der Waals surface area (Å²) in [6.45, 7) is 0.361. The Morgan fingerprint density at radius 1 is 1.00 bits per heavy atom. The van der Waals surface area contributed by atoms with E-state index in [1.54, 1.807) is 47.5 Å². The lowest BCUT2D eigenvalue weighted by Crippen LogP contribution is -2.51. The lowest BCUT2D eigenvalue weighted by molar-refractivity contribution is -0.117. The minimum Gasteiger partial charge on any atom is -0.508 e. The van der Waals surface area contributed by atoms with Crippen molar-refractivity contribution in [3.63, 3.8) is 0 Å². The molecule has 2 atom stereocenters. The molecule has 5 nitrogen and oxygen atoms in total. The number of carbonyl (C=O) groups excluding carboxylic acids is 2. The van der Waals surface area contributed by atoms with Gasteiger partial charge in [0.15, 0.2) is 4.90 Å². The number of hydrogen-bond donors (Lipinski definition) is 1. The number of phenolic OH excluding ortho intramolecular Hbond substituents is 1. The molecule has 0 saturated carbocycles. The molecule has 2 heterocycles. The first-order valence-corrected chi connectivity index (χ1v) is 10.5. The molecule has 140 valence electrons. The molecule has 0 aliphatic carbocycles. The number of pyridine rings is 1. The Bertz CT molecular complexity index is 1020. The number of hydrogen-bond acceptors (Lipinski definition) is 4. The highest BCUT2D eigenvalue weighted by molar-refractivity contribution is 7.98. The number of amides is 1. The lowest BCUT2D eigenvalue weighted by atomic mass is 10.0. The van der Waals surface area contributed by atoms with Crippen LogP contribution in [0.15, 0.2) is 77.8 Å². The van der Waals surface area contributed by atoms with Gasteiger partial charge in [-0.15, -0.1) is 0 Å². The molecular formula is C22H19N2O3S+. The van der Waals surface area contributed by atoms with E-state index in [-0.39, 0.29) is 17.4 Å². The van der Waals surface area contributed by atoms with Gasteiger partial charge < -0.3 is 5.11 Å². The smallest absolute Gasteiger partial charge is 0.290 e. The second kappa shape index (κ2) is 7.48. The number of aromatic nitrogens is 1. The van der Waals surface area contributed by atoms with Crippen molar-refractivity contribution in [1.29, 1.82) is 0 Å². The molecule has 0 radical (unpaired) electrons. The predicted octanol–water partition coefficient (Wildman–Crippen LogP) is 3.19. The van der Waals surface area contributed by atoms with Gasteiger partial charge in [-0.1, -0.05) is 30.3 Å². The second-order valence-corrected chi connectivity index (χ2v) is 8.64. The first-order valence-electron chi connectivity index (χ1n) is 8.84. The summed E-state index contributed by atoms with van der Waals surface area (Å²) in [5.41, 5.74) is 1.45. The van der Waals surface area contributed by atoms with Crippen LogP contribution in [0.1, 0.15) is 15.9 Å². The van der Waals surface area contributed by atoms with E-state index >= 15 is 0 Å². The molecule has 1 aliphatic heterocycles. The van der Waals surface area contributed by atoms with Gasteiger partial charge in [0.2, 0.25) is 5.78 Å². The summed E-state index contributed by atoms with van der Waals surface area (Å²) < 4.78 is 0. The van der Waals surface area contributed by atoms with Gasteiger partial charge in [0.1, 0.15) is 17.8 Å². The molecule has 2 unspecified atom stereocenters. The van der Waals surface area contributed by atoms with Crippen molar-refractivity contribution in [1.82, 2.24) is 4.98 Å². The van der Waals surface area contributed by atoms with Crippen LogP contribution in [0.3, 0.4) is 0 Å². The summed E-state index contributed by atoms with van der Waals surface area (Å²) in [6.07, 6.45) is 3.50. The second-order valence-electron chi connectivity index (χ2n) is 6.58. The van der Waals surface area contributed by atoms with Crippen molar-refractivity contribution in [2.24, 2.45) is 0 Å². The fourth-order valence-corrected chi connectivity index (χ4v) is 5.05. The van der Waals surface area contributed by atoms with Gasteiger partial charge >= 0.3 is 0 Å². The van der Waals surface area contributed by atoms with Crippen LogP contribution in [0.25, 0.3) is 0 Å². The number of nitrogens with zero attached hydrogens (tertiary/aromatic N) is 2. The molecule has 0 bridgehead atoms. The number of aromatic hydroxyl groups is 1. The molecule has 2 aromatic carbocycles. The summed E-state index contributed by atoms with van der Waals surface area (Å²) in [6, 6.07) is 19.8. The Morgan fingerprint density at radius 3 is 2.43 bits per heavy atom. The average molecular weight is 391 g/mol. The number of phenols is 1. The van der Waals surface area contributed by atoms with E-state index < -0.39 is 16.1 Å². The Morgan fingerprint density at radius 2 is 1.71 bits per heavy atom. The molecule has 1 amide bonds. The Hall–Kier alpha value is -3.12. The minimum absolute atomic E-state index is 0.155. The van der Waals surface area contributed by atoms with E-state index in [2.05, 4.69) is 4.98 Å². The maximum absolute atomic E-state index is 13.4. The number of Topliss-reactive ketones (excluding diaryl/α,β-unsaturated/α-hetero) is 1. The normalized spacial score (nSPS) is 17.3. The SMILES string of the molecule is C[S+](c1ccc(O)cc1)C1C(=O)c2cccnc2N(Cc2ccccc2)C1=O. The number of rotatable bonds is 4. The van der Waals surface area contributed by atoms with Crippen molar-refractivity contribution in [3.05, 3.63) is 84.1 Å². The Labute approximate surface area is 166 Å². The van der Waals surface area contributed by atoms with Crippen molar-refractivity contribution in [2.45, 2.75) is 16.7 Å². The van der Waals surface area contributed by atoms with Crippen LogP contribution in [0.2, 0.25) is 0 Å². The number of carbonyl (C=O) groups is 2. The van der Waals surface area contributed by atoms with Gasteiger partial charge in [-0.25, -0.2) is 4.98 Å². The summed E-state index contributed by atoms with van der Waals surface area (Å²) >= 11 is 0. The topological polar surface area (TPSA) is 70.5 Å². The van der Waals surface area contributed by atoms with E-state index in [4.69, 9.17) is 0 Å². The first kappa shape index (κ1) is 18.3. The highest BCUT2D eigenvalue weighted by Crippen LogP contribution is 2.32. The largest absolute Gasteiger partial charge is 0.508 e. The van der Waals surface area contributed by atoms with Crippen LogP contribution >= 0.6 is 0 Å². The van der Waals surface area contributed by atoms with E-state index in [0.29, 0.717) is 17.9 Å². The summed E-state index contributed by atoms with van der Waals surface area (Å²) in [7, 11) is -0.654. The van der Waals surface area contributed by atoms with Gasteiger partial charge in [-0.05, 0) is 42.0 Å². The predicted molar refractivity (Wildman–Crippen MR) is 110 cm³/mol. The molecule has 1 aromatic heterocycles. The Kier molecular flexibility index (Phi) is 4.88. The zero-order valence-corrected chi connectivity index (χ0v) is 16.1. The van der Waals surface area contributed by atoms with E-state index in [0.717, 1.165) is 10.5 Å². The number of benzene rings is 2. The van der Waals surface area contributed by atoms with Crippen molar-refractivity contribution < 1.29 is 14.7 Å². The highest BCUT2D eigenvalue weighted by atomic mass is 32.2. The summed E-state index contributed by atoms with van der Waals surface area (Å²) in [5, 5.41) is 8.74. The zero-order chi connectivity index (χ0) is 19.7. The molecule has 0 spiro atoms. The van der Waals surface area contributed by atoms with E-state index in [1.165, 1.54) is 0 Å². The molecule has 0 saturated heterocycles. The van der Waals surface area contributed by atoms with Gasteiger partial charge in [0.05, 0.1) is 12.1 Å². The molecule has 0 fully saturated rings. The third-order valence-corrected chi connectivity index (χ3v) is 6.92. The molecule has 1 aliphatic rings. The van der Waals surface area contributed by atoms with Gasteiger partial charge in [-0.3, -0.25) is 14.5 Å². The first-order chi connectivity index (χ1) is 13.6. The fourth-order valence-electron chi connectivity index (χ4n) is 3.33. The van der Waals surface area contributed by atoms with Crippen LogP contribution in [0, 0.1) is 0 Å². The maximum atomic E-state index is 13.4. The third-order valence-electron chi connectivity index (χ3n) is 4.78. The van der Waals surface area contributed by atoms with Crippen LogP contribution in [0.4, 0.5) is 5.82 Å². The standard InChI is InChI=1S/C22H18N2O3S/c1-28(17-11-9-16(25)10-12-17)20-19(26)18-8-5-13-23-21(18)24(22(20)27)14-15-6-3-2-4-7-15/h2-13,20H,14H2,1H3/p+1. The van der Waals surface area contributed by atoms with Gasteiger partial charge in [0.25, 0.3) is 11.2 Å². The molecule has 6 heteroatoms. The van der Waals surface area contributed by atoms with Crippen LogP contribution in [-0.2, 0) is 22.2 Å². The van der Waals surface area contributed by atoms with Crippen molar-refractivity contribution in [3.8, 4) is 5.75 Å². The monoisotopic (exact) mass is 391 g/mol. The number of anilines is 1. The summed E-state index contributed by atoms with van der Waals surface area (Å²) in [4.78, 5) is 33.4. The van der Waals surface area contributed by atoms with Crippen LogP contribution in [0.5, 0.6) is 5.75 Å². The molecule has 28 heavy (non-hydrogen) atoms. The number of fused-ring (bicyclic) bond motifs is 1. The quantitative estimate of drug-likeness (QED) is 0.548. The molecule has 4 rings (SSSR count). The van der Waals surface area contributed by atoms with Crippen LogP contribution in [-0.4, -0.2) is 33.3 Å². The highest BCUT2D eigenvalue weighted by Gasteiger charge is 2.49. The number of ketones is 1. The fraction of sp³-hybridized carbons (Fsp3) is 0.136. The lowest BCUT2D eigenvalue weighted by Gasteiger charge is -2.30. The maximum Gasteiger partial charge on any atom is 0.290 e. The van der Waals surface area contributed by atoms with Gasteiger partial charge in [-0.2, -0.15) is 0 Å². The van der Waals surface area contributed by atoms with E-state index in [1.807, 2.05) is 36.6 Å². The van der Waals surface area contributed by atoms with Crippen LogP contribution < -0.4 is 4.90 Å².